The van der Waals surface area contributed by atoms with Gasteiger partial charge in [-0.1, -0.05) is 0 Å². The van der Waals surface area contributed by atoms with Crippen molar-refractivity contribution >= 4 is 28.7 Å². The Morgan fingerprint density at radius 3 is 2.71 bits per heavy atom. The number of halogens is 1. The van der Waals surface area contributed by atoms with E-state index in [-0.39, 0.29) is 5.17 Å². The molecule has 0 fully saturated rings. The summed E-state index contributed by atoms with van der Waals surface area (Å²) in [7, 11) is 0. The maximum Gasteiger partial charge on any atom is 0.214 e. The fourth-order valence-electron chi connectivity index (χ4n) is 0.101. The lowest BCUT2D eigenvalue weighted by Gasteiger charge is -1.74. The lowest BCUT2D eigenvalue weighted by molar-refractivity contribution is 1.55. The molecule has 2 nitrogen and oxygen atoms in total. The average Bonchev–Trinajstić information content (AvgIpc) is 1.68. The van der Waals surface area contributed by atoms with Crippen LogP contribution in [0, 0.1) is 11.3 Å². The molecule has 0 rings (SSSR count). The van der Waals surface area contributed by atoms with Crippen molar-refractivity contribution in [2.45, 2.75) is 0 Å². The summed E-state index contributed by atoms with van der Waals surface area (Å²) in [5, 5.41) is 7.93. The summed E-state index contributed by atoms with van der Waals surface area (Å²) in [4.78, 5) is 0. The van der Waals surface area contributed by atoms with Gasteiger partial charge in [0.15, 0.2) is 0 Å². The molecule has 0 spiro atoms. The molecule has 0 atom stereocenters. The summed E-state index contributed by atoms with van der Waals surface area (Å²) < 4.78 is 3.48. The van der Waals surface area contributed by atoms with Gasteiger partial charge in [0.05, 0.1) is 0 Å². The van der Waals surface area contributed by atoms with E-state index in [1.807, 2.05) is 0 Å². The lowest BCUT2D eigenvalue weighted by atomic mass is 10.9. The number of rotatable bonds is 1. The van der Waals surface area contributed by atoms with Crippen LogP contribution in [-0.2, 0) is 0 Å². The monoisotopic (exact) mass is 134 g/mol. The number of hydrogen-bond acceptors (Lipinski definition) is 3. The maximum atomic E-state index is 7.94. The van der Waals surface area contributed by atoms with Gasteiger partial charge >= 0.3 is 0 Å². The van der Waals surface area contributed by atoms with Crippen LogP contribution < -0.4 is 0 Å². The van der Waals surface area contributed by atoms with E-state index in [4.69, 9.17) is 16.9 Å². The zero-order chi connectivity index (χ0) is 5.70. The zero-order valence-corrected chi connectivity index (χ0v) is 5.25. The zero-order valence-electron chi connectivity index (χ0n) is 3.68. The molecule has 0 aromatic heterocycles. The molecular formula is C3H3ClN2S. The van der Waals surface area contributed by atoms with Crippen LogP contribution in [0.15, 0.2) is 4.40 Å². The number of nitrogens with zero attached hydrogens (tertiary/aromatic N) is 2. The van der Waals surface area contributed by atoms with Gasteiger partial charge in [0.1, 0.15) is 6.07 Å². The maximum absolute atomic E-state index is 7.94. The number of nitriles is 1. The van der Waals surface area contributed by atoms with E-state index in [2.05, 4.69) is 4.40 Å². The van der Waals surface area contributed by atoms with Gasteiger partial charge in [-0.2, -0.15) is 9.66 Å². The molecule has 0 unspecified atom stereocenters. The van der Waals surface area contributed by atoms with Crippen LogP contribution in [0.2, 0.25) is 0 Å². The van der Waals surface area contributed by atoms with E-state index in [1.54, 1.807) is 12.3 Å². The largest absolute Gasteiger partial charge is 0.214 e. The molecule has 0 bridgehead atoms. The molecule has 0 saturated carbocycles. The van der Waals surface area contributed by atoms with Gasteiger partial charge in [0.25, 0.3) is 0 Å². The van der Waals surface area contributed by atoms with Crippen molar-refractivity contribution in [1.29, 1.82) is 5.26 Å². The first-order valence-corrected chi connectivity index (χ1v) is 3.04. The molecule has 0 N–H and O–H groups in total. The van der Waals surface area contributed by atoms with Crippen LogP contribution in [0.3, 0.4) is 0 Å². The number of hydrogen-bond donors (Lipinski definition) is 0. The van der Waals surface area contributed by atoms with Gasteiger partial charge in [0.2, 0.25) is 5.17 Å². The van der Waals surface area contributed by atoms with Gasteiger partial charge in [-0.05, 0) is 23.5 Å². The minimum atomic E-state index is -0.00694. The van der Waals surface area contributed by atoms with Crippen molar-refractivity contribution < 1.29 is 0 Å². The van der Waals surface area contributed by atoms with Gasteiger partial charge in [0, 0.05) is 6.26 Å². The highest BCUT2D eigenvalue weighted by atomic mass is 35.5. The smallest absolute Gasteiger partial charge is 0.193 e. The summed E-state index contributed by atoms with van der Waals surface area (Å²) >= 11 is 6.30. The van der Waals surface area contributed by atoms with E-state index < -0.39 is 0 Å². The highest BCUT2D eigenvalue weighted by Crippen LogP contribution is 1.95. The van der Waals surface area contributed by atoms with Gasteiger partial charge < -0.3 is 0 Å². The third-order valence-electron chi connectivity index (χ3n) is 0.264. The Balaban J connectivity index is 3.57. The van der Waals surface area contributed by atoms with Crippen molar-refractivity contribution in [2.75, 3.05) is 6.26 Å². The van der Waals surface area contributed by atoms with Gasteiger partial charge in [-0.25, -0.2) is 0 Å². The molecular weight excluding hydrogens is 132 g/mol. The van der Waals surface area contributed by atoms with Crippen LogP contribution in [0.25, 0.3) is 0 Å². The second-order valence-corrected chi connectivity index (χ2v) is 1.58. The molecule has 0 saturated heterocycles. The highest BCUT2D eigenvalue weighted by Gasteiger charge is 1.82. The van der Waals surface area contributed by atoms with Gasteiger partial charge in [-0.3, -0.25) is 0 Å². The fourth-order valence-corrected chi connectivity index (χ4v) is 0.509. The molecule has 4 heteroatoms. The third-order valence-corrected chi connectivity index (χ3v) is 0.898. The molecule has 0 heterocycles. The van der Waals surface area contributed by atoms with Gasteiger partial charge in [-0.15, -0.1) is 0 Å². The van der Waals surface area contributed by atoms with E-state index in [9.17, 15) is 0 Å². The topological polar surface area (TPSA) is 36.1 Å². The van der Waals surface area contributed by atoms with Crippen molar-refractivity contribution in [1.82, 2.24) is 0 Å². The molecule has 0 aromatic rings. The first kappa shape index (κ1) is 6.80. The third kappa shape index (κ3) is 3.64. The Labute approximate surface area is 51.3 Å². The molecule has 7 heavy (non-hydrogen) atoms. The Hall–Kier alpha value is -0.200. The Morgan fingerprint density at radius 1 is 2.00 bits per heavy atom. The SMILES string of the molecule is CS/N=C(\Cl)C#N. The minimum Gasteiger partial charge on any atom is -0.193 e. The molecule has 0 radical (unpaired) electrons. The molecule has 38 valence electrons. The normalized spacial score (nSPS) is 10.7. The predicted molar refractivity (Wildman–Crippen MR) is 32.4 cm³/mol. The van der Waals surface area contributed by atoms with E-state index in [0.29, 0.717) is 0 Å². The molecule has 0 aromatic carbocycles. The summed E-state index contributed by atoms with van der Waals surface area (Å²) in [6.45, 7) is 0. The predicted octanol–water partition coefficient (Wildman–Crippen LogP) is 1.43. The van der Waals surface area contributed by atoms with Crippen LogP contribution in [0.5, 0.6) is 0 Å². The summed E-state index contributed by atoms with van der Waals surface area (Å²) in [5.41, 5.74) is 0. The van der Waals surface area contributed by atoms with Crippen molar-refractivity contribution in [3.05, 3.63) is 0 Å². The van der Waals surface area contributed by atoms with Crippen LogP contribution >= 0.6 is 23.5 Å². The minimum absolute atomic E-state index is 0.00694. The van der Waals surface area contributed by atoms with E-state index >= 15 is 0 Å². The van der Waals surface area contributed by atoms with Crippen molar-refractivity contribution in [3.8, 4) is 6.07 Å². The van der Waals surface area contributed by atoms with Crippen molar-refractivity contribution in [3.63, 3.8) is 0 Å². The molecule has 0 aliphatic heterocycles. The van der Waals surface area contributed by atoms with Crippen LogP contribution in [0.4, 0.5) is 0 Å². The van der Waals surface area contributed by atoms with Crippen LogP contribution in [0.1, 0.15) is 0 Å². The second kappa shape index (κ2) is 3.97. The average molecular weight is 135 g/mol. The van der Waals surface area contributed by atoms with E-state index in [1.165, 1.54) is 11.9 Å². The first-order chi connectivity index (χ1) is 3.31. The summed E-state index contributed by atoms with van der Waals surface area (Å²) in [6, 6.07) is 1.66. The van der Waals surface area contributed by atoms with Crippen molar-refractivity contribution in [2.24, 2.45) is 4.40 Å². The first-order valence-electron chi connectivity index (χ1n) is 1.48. The Morgan fingerprint density at radius 2 is 2.57 bits per heavy atom. The lowest BCUT2D eigenvalue weighted by Crippen LogP contribution is -1.72. The molecule has 0 aliphatic carbocycles. The van der Waals surface area contributed by atoms with E-state index in [0.717, 1.165) is 0 Å². The highest BCUT2D eigenvalue weighted by molar-refractivity contribution is 7.97. The Bertz CT molecular complexity index is 115. The van der Waals surface area contributed by atoms with Crippen LogP contribution in [-0.4, -0.2) is 11.4 Å². The summed E-state index contributed by atoms with van der Waals surface area (Å²) in [5.74, 6) is 0. The second-order valence-electron chi connectivity index (χ2n) is 0.676. The Kier molecular flexibility index (Phi) is 3.86. The molecule has 0 aliphatic rings. The summed E-state index contributed by atoms with van der Waals surface area (Å²) in [6.07, 6.45) is 1.74. The fraction of sp³-hybridized carbons (Fsp3) is 0.333. The molecule has 0 amide bonds. The quantitative estimate of drug-likeness (QED) is 0.402. The standard InChI is InChI=1S/C3H3ClN2S/c1-7-6-3(4)2-5/h1H3/b6-3-.